The van der Waals surface area contributed by atoms with Crippen LogP contribution < -0.4 is 4.74 Å². The van der Waals surface area contributed by atoms with Gasteiger partial charge in [0.25, 0.3) is 0 Å². The zero-order valence-electron chi connectivity index (χ0n) is 12.8. The van der Waals surface area contributed by atoms with Gasteiger partial charge in [-0.2, -0.15) is 14.0 Å². The van der Waals surface area contributed by atoms with Crippen molar-refractivity contribution >= 4 is 11.6 Å². The summed E-state index contributed by atoms with van der Waals surface area (Å²) in [5.41, 5.74) is 1.15. The molecule has 0 atom stereocenters. The highest BCUT2D eigenvalue weighted by molar-refractivity contribution is 6.30. The van der Waals surface area contributed by atoms with Crippen LogP contribution in [0.5, 0.6) is 5.88 Å². The van der Waals surface area contributed by atoms with Crippen LogP contribution in [0.4, 0.5) is 8.78 Å². The van der Waals surface area contributed by atoms with Crippen molar-refractivity contribution in [2.24, 2.45) is 7.05 Å². The van der Waals surface area contributed by atoms with Gasteiger partial charge in [0.1, 0.15) is 0 Å². The van der Waals surface area contributed by atoms with Crippen molar-refractivity contribution in [1.29, 1.82) is 5.26 Å². The first-order chi connectivity index (χ1) is 12.0. The van der Waals surface area contributed by atoms with Crippen LogP contribution in [0.25, 0.3) is 22.8 Å². The summed E-state index contributed by atoms with van der Waals surface area (Å²) in [5.74, 6) is 0.318. The number of ether oxygens (including phenoxy) is 1. The van der Waals surface area contributed by atoms with E-state index in [1.54, 1.807) is 35.9 Å². The molecule has 0 aliphatic heterocycles. The van der Waals surface area contributed by atoms with Gasteiger partial charge < -0.3 is 9.30 Å². The quantitative estimate of drug-likeness (QED) is 0.708. The molecule has 3 rings (SSSR count). The average Bonchev–Trinajstić information content (AvgIpc) is 2.97. The van der Waals surface area contributed by atoms with E-state index in [4.69, 9.17) is 11.6 Å². The Kier molecular flexibility index (Phi) is 4.59. The third-order valence-electron chi connectivity index (χ3n) is 3.42. The zero-order valence-corrected chi connectivity index (χ0v) is 13.6. The molecule has 25 heavy (non-hydrogen) atoms. The maximum Gasteiger partial charge on any atom is 0.388 e. The lowest BCUT2D eigenvalue weighted by atomic mass is 10.1. The van der Waals surface area contributed by atoms with E-state index in [0.29, 0.717) is 17.0 Å². The number of benzene rings is 1. The van der Waals surface area contributed by atoms with E-state index in [9.17, 15) is 14.0 Å². The second-order valence-electron chi connectivity index (χ2n) is 4.95. The predicted octanol–water partition coefficient (Wildman–Crippen LogP) is 3.67. The number of rotatable bonds is 4. The Morgan fingerprint density at radius 1 is 1.20 bits per heavy atom. The Morgan fingerprint density at radius 3 is 2.56 bits per heavy atom. The molecule has 0 saturated heterocycles. The average molecular weight is 362 g/mol. The van der Waals surface area contributed by atoms with Crippen LogP contribution in [-0.4, -0.2) is 26.4 Å². The van der Waals surface area contributed by atoms with Crippen LogP contribution in [0.3, 0.4) is 0 Å². The van der Waals surface area contributed by atoms with E-state index < -0.39 is 6.61 Å². The third kappa shape index (κ3) is 3.27. The molecule has 3 aromatic rings. The fraction of sp³-hybridized carbons (Fsp3) is 0.125. The topological polar surface area (TPSA) is 76.6 Å². The van der Waals surface area contributed by atoms with Crippen LogP contribution in [0.15, 0.2) is 36.5 Å². The summed E-state index contributed by atoms with van der Waals surface area (Å²) >= 11 is 5.92. The number of aromatic nitrogens is 4. The van der Waals surface area contributed by atoms with E-state index >= 15 is 0 Å². The Labute approximate surface area is 146 Å². The molecule has 0 aliphatic rings. The van der Waals surface area contributed by atoms with Crippen LogP contribution in [0.1, 0.15) is 5.56 Å². The van der Waals surface area contributed by atoms with E-state index in [-0.39, 0.29) is 22.3 Å². The van der Waals surface area contributed by atoms with Gasteiger partial charge in [0.05, 0.1) is 22.2 Å². The first-order valence-electron chi connectivity index (χ1n) is 7.01. The molecule has 126 valence electrons. The summed E-state index contributed by atoms with van der Waals surface area (Å²) in [4.78, 5) is 3.78. The SMILES string of the molecule is Cn1c(-c2ccccc2C#N)nnc1-c1cc(Cl)cnc1OC(F)F. The highest BCUT2D eigenvalue weighted by Gasteiger charge is 2.21. The van der Waals surface area contributed by atoms with E-state index in [1.807, 2.05) is 0 Å². The van der Waals surface area contributed by atoms with Crippen molar-refractivity contribution in [2.75, 3.05) is 0 Å². The number of halogens is 3. The van der Waals surface area contributed by atoms with Crippen molar-refractivity contribution in [2.45, 2.75) is 6.61 Å². The minimum Gasteiger partial charge on any atom is -0.416 e. The molecule has 0 unspecified atom stereocenters. The molecular weight excluding hydrogens is 352 g/mol. The molecule has 0 radical (unpaired) electrons. The van der Waals surface area contributed by atoms with Gasteiger partial charge in [-0.3, -0.25) is 0 Å². The predicted molar refractivity (Wildman–Crippen MR) is 86.0 cm³/mol. The fourth-order valence-electron chi connectivity index (χ4n) is 2.34. The number of pyridine rings is 1. The molecule has 0 fully saturated rings. The minimum absolute atomic E-state index is 0.170. The van der Waals surface area contributed by atoms with E-state index in [1.165, 1.54) is 12.3 Å². The van der Waals surface area contributed by atoms with Crippen LogP contribution in [0, 0.1) is 11.3 Å². The molecule has 1 aromatic carbocycles. The number of hydrogen-bond acceptors (Lipinski definition) is 5. The molecule has 2 heterocycles. The van der Waals surface area contributed by atoms with Gasteiger partial charge in [-0.1, -0.05) is 23.7 Å². The van der Waals surface area contributed by atoms with Crippen LogP contribution >= 0.6 is 11.6 Å². The minimum atomic E-state index is -3.04. The summed E-state index contributed by atoms with van der Waals surface area (Å²) in [6.07, 6.45) is 1.20. The van der Waals surface area contributed by atoms with Gasteiger partial charge >= 0.3 is 6.61 Å². The third-order valence-corrected chi connectivity index (χ3v) is 3.63. The maximum absolute atomic E-state index is 12.6. The van der Waals surface area contributed by atoms with Gasteiger partial charge in [-0.15, -0.1) is 10.2 Å². The van der Waals surface area contributed by atoms with Gasteiger partial charge in [0, 0.05) is 18.8 Å². The summed E-state index contributed by atoms with van der Waals surface area (Å²) in [5, 5.41) is 17.6. The second-order valence-corrected chi connectivity index (χ2v) is 5.38. The smallest absolute Gasteiger partial charge is 0.388 e. The lowest BCUT2D eigenvalue weighted by molar-refractivity contribution is -0.0524. The number of hydrogen-bond donors (Lipinski definition) is 0. The van der Waals surface area contributed by atoms with Crippen molar-refractivity contribution in [3.8, 4) is 34.7 Å². The van der Waals surface area contributed by atoms with E-state index in [0.717, 1.165) is 0 Å². The van der Waals surface area contributed by atoms with Crippen molar-refractivity contribution < 1.29 is 13.5 Å². The maximum atomic E-state index is 12.6. The number of alkyl halides is 2. The molecule has 0 amide bonds. The van der Waals surface area contributed by atoms with Gasteiger partial charge in [-0.05, 0) is 18.2 Å². The molecule has 2 aromatic heterocycles. The molecule has 0 aliphatic carbocycles. The summed E-state index contributed by atoms with van der Waals surface area (Å²) in [6, 6.07) is 10.4. The zero-order chi connectivity index (χ0) is 18.0. The molecule has 6 nitrogen and oxygen atoms in total. The largest absolute Gasteiger partial charge is 0.416 e. The Bertz CT molecular complexity index is 967. The standard InChI is InChI=1S/C16H10ClF2N5O/c1-24-13(11-5-3-2-4-9(11)7-20)22-23-14(24)12-6-10(17)8-21-15(12)25-16(18)19/h2-6,8,16H,1H3. The Balaban J connectivity index is 2.14. The second kappa shape index (κ2) is 6.83. The Hall–Kier alpha value is -3.05. The van der Waals surface area contributed by atoms with E-state index in [2.05, 4.69) is 26.0 Å². The molecular formula is C16H10ClF2N5O. The summed E-state index contributed by atoms with van der Waals surface area (Å²) in [6.45, 7) is -3.04. The summed E-state index contributed by atoms with van der Waals surface area (Å²) in [7, 11) is 1.64. The van der Waals surface area contributed by atoms with Crippen LogP contribution in [-0.2, 0) is 7.05 Å². The molecule has 0 N–H and O–H groups in total. The fourth-order valence-corrected chi connectivity index (χ4v) is 2.50. The highest BCUT2D eigenvalue weighted by Crippen LogP contribution is 2.32. The van der Waals surface area contributed by atoms with Gasteiger partial charge in [0.2, 0.25) is 5.88 Å². The van der Waals surface area contributed by atoms with Crippen molar-refractivity contribution in [3.63, 3.8) is 0 Å². The van der Waals surface area contributed by atoms with Gasteiger partial charge in [0.15, 0.2) is 11.6 Å². The van der Waals surface area contributed by atoms with Gasteiger partial charge in [-0.25, -0.2) is 4.98 Å². The molecule has 9 heteroatoms. The first kappa shape index (κ1) is 16.8. The normalized spacial score (nSPS) is 10.7. The van der Waals surface area contributed by atoms with Crippen LogP contribution in [0.2, 0.25) is 5.02 Å². The Morgan fingerprint density at radius 2 is 1.88 bits per heavy atom. The molecule has 0 saturated carbocycles. The number of nitriles is 1. The lowest BCUT2D eigenvalue weighted by Gasteiger charge is -2.10. The number of nitrogens with zero attached hydrogens (tertiary/aromatic N) is 5. The van der Waals surface area contributed by atoms with Crippen molar-refractivity contribution in [3.05, 3.63) is 47.1 Å². The highest BCUT2D eigenvalue weighted by atomic mass is 35.5. The lowest BCUT2D eigenvalue weighted by Crippen LogP contribution is -2.06. The summed E-state index contributed by atoms with van der Waals surface area (Å²) < 4.78 is 31.2. The van der Waals surface area contributed by atoms with Crippen molar-refractivity contribution in [1.82, 2.24) is 19.7 Å². The molecule has 0 bridgehead atoms. The monoisotopic (exact) mass is 361 g/mol. The molecule has 0 spiro atoms. The first-order valence-corrected chi connectivity index (χ1v) is 7.38.